The molecule has 2 saturated heterocycles. The number of carbonyl (C=O) groups is 3. The van der Waals surface area contributed by atoms with Crippen molar-refractivity contribution in [1.82, 2.24) is 29.8 Å². The Morgan fingerprint density at radius 3 is 2.54 bits per heavy atom. The summed E-state index contributed by atoms with van der Waals surface area (Å²) in [6.45, 7) is 12.4. The molecule has 2 aliphatic rings. The van der Waals surface area contributed by atoms with Gasteiger partial charge in [0, 0.05) is 37.2 Å². The van der Waals surface area contributed by atoms with Gasteiger partial charge in [-0.1, -0.05) is 31.2 Å². The van der Waals surface area contributed by atoms with Crippen molar-refractivity contribution in [3.63, 3.8) is 0 Å². The van der Waals surface area contributed by atoms with E-state index in [1.54, 1.807) is 36.7 Å². The van der Waals surface area contributed by atoms with Gasteiger partial charge in [-0.25, -0.2) is 14.5 Å². The number of thiazole rings is 1. The highest BCUT2D eigenvalue weighted by Gasteiger charge is 2.58. The zero-order chi connectivity index (χ0) is 33.8. The largest absolute Gasteiger partial charge is 0.458 e. The van der Waals surface area contributed by atoms with Crippen LogP contribution in [-0.2, 0) is 30.3 Å². The van der Waals surface area contributed by atoms with Crippen LogP contribution >= 0.6 is 11.3 Å². The second-order valence-electron chi connectivity index (χ2n) is 12.9. The van der Waals surface area contributed by atoms with Crippen molar-refractivity contribution in [2.45, 2.75) is 103 Å². The van der Waals surface area contributed by atoms with Crippen LogP contribution in [0, 0.1) is 11.8 Å². The first kappa shape index (κ1) is 35.8. The van der Waals surface area contributed by atoms with Crippen molar-refractivity contribution in [2.75, 3.05) is 27.2 Å². The minimum absolute atomic E-state index is 0.181. The Bertz CT molecular complexity index is 1390. The van der Waals surface area contributed by atoms with E-state index in [2.05, 4.69) is 27.1 Å². The molecular formula is C32H47BN6O6S. The predicted octanol–water partition coefficient (Wildman–Crippen LogP) is 4.18. The molecule has 0 unspecified atom stereocenters. The number of rotatable bonds is 7. The Labute approximate surface area is 277 Å². The molecule has 46 heavy (non-hydrogen) atoms. The molecule has 12 nitrogen and oxygen atoms in total. The van der Waals surface area contributed by atoms with Crippen LogP contribution in [0.2, 0.25) is 5.82 Å². The number of aromatic nitrogens is 4. The highest BCUT2D eigenvalue weighted by Crippen LogP contribution is 2.41. The number of hydrogen-bond acceptors (Lipinski definition) is 11. The van der Waals surface area contributed by atoms with E-state index in [9.17, 15) is 14.4 Å². The van der Waals surface area contributed by atoms with Crippen LogP contribution in [0.15, 0.2) is 29.9 Å². The number of esters is 1. The van der Waals surface area contributed by atoms with Crippen LogP contribution in [0.25, 0.3) is 10.7 Å². The molecule has 2 aromatic rings. The molecule has 0 N–H and O–H groups in total. The fourth-order valence-electron chi connectivity index (χ4n) is 6.71. The summed E-state index contributed by atoms with van der Waals surface area (Å²) in [7, 11) is 10.2. The van der Waals surface area contributed by atoms with E-state index in [1.807, 2.05) is 51.5 Å². The Kier molecular flexibility index (Phi) is 11.5. The molecule has 1 amide bonds. The summed E-state index contributed by atoms with van der Waals surface area (Å²) in [6, 6.07) is -0.652. The number of ketones is 1. The van der Waals surface area contributed by atoms with Crippen LogP contribution in [0.5, 0.6) is 0 Å². The summed E-state index contributed by atoms with van der Waals surface area (Å²) in [5.41, 5.74) is -1.26. The Morgan fingerprint density at radius 1 is 1.17 bits per heavy atom. The number of carbonyl (C=O) groups excluding carboxylic acids is 3. The maximum absolute atomic E-state index is 13.5. The zero-order valence-corrected chi connectivity index (χ0v) is 29.0. The van der Waals surface area contributed by atoms with E-state index in [0.717, 1.165) is 11.4 Å². The molecule has 2 aliphatic heterocycles. The standard InChI is InChI=1S/C32H47BN6O6S/c1-9-24-32(6)27(39(30(42)45-32)17-11-10-16-38-19-23(35-36-38)28-34-14-18-46-28)22(4)37(7)15-12-13-31(5,43-8)26(33)20(2)25(40)21(3)29(41)44-24/h10-11,14,18-22,24,26-27H,9,12-13,15-17H2,1-8H3/b11-10+/t20-,21+,22-,24+,26+,27+,31+,32+/m0/s1. The molecule has 250 valence electrons. The quantitative estimate of drug-likeness (QED) is 0.186. The monoisotopic (exact) mass is 654 g/mol. The van der Waals surface area contributed by atoms with Gasteiger partial charge in [0.15, 0.2) is 5.60 Å². The van der Waals surface area contributed by atoms with Crippen molar-refractivity contribution in [2.24, 2.45) is 11.8 Å². The van der Waals surface area contributed by atoms with E-state index in [1.165, 1.54) is 11.3 Å². The number of amides is 1. The fourth-order valence-corrected chi connectivity index (χ4v) is 7.30. The van der Waals surface area contributed by atoms with Crippen molar-refractivity contribution >= 4 is 37.0 Å². The number of methoxy groups -OCH3 is 1. The maximum atomic E-state index is 13.5. The summed E-state index contributed by atoms with van der Waals surface area (Å²) in [4.78, 5) is 48.6. The van der Waals surface area contributed by atoms with Gasteiger partial charge in [0.2, 0.25) is 0 Å². The maximum Gasteiger partial charge on any atom is 0.411 e. The molecule has 0 aromatic carbocycles. The van der Waals surface area contributed by atoms with Gasteiger partial charge in [-0.2, -0.15) is 0 Å². The molecule has 2 fully saturated rings. The van der Waals surface area contributed by atoms with Crippen molar-refractivity contribution < 1.29 is 28.6 Å². The first-order valence-electron chi connectivity index (χ1n) is 16.0. The SMILES string of the molecule is [B][C@@H]1[C@@H](C)C(=O)[C@@H](C)C(=O)O[C@H](CC)[C@@]2(C)OC(=O)N(C/C=C/Cn3cc(-c4nccs4)nn3)[C@@H]2[C@H](C)N(C)CCC[C@@]1(C)OC. The topological polar surface area (TPSA) is 129 Å². The lowest BCUT2D eigenvalue weighted by Crippen LogP contribution is -2.60. The lowest BCUT2D eigenvalue weighted by molar-refractivity contribution is -0.171. The molecule has 14 heteroatoms. The van der Waals surface area contributed by atoms with Gasteiger partial charge in [-0.15, -0.1) is 16.4 Å². The first-order chi connectivity index (χ1) is 21.8. The van der Waals surface area contributed by atoms with Gasteiger partial charge in [0.1, 0.15) is 28.5 Å². The molecule has 4 heterocycles. The predicted molar refractivity (Wildman–Crippen MR) is 175 cm³/mol. The average Bonchev–Trinajstić information content (AvgIpc) is 3.79. The number of cyclic esters (lactones) is 1. The lowest BCUT2D eigenvalue weighted by Gasteiger charge is -2.43. The van der Waals surface area contributed by atoms with Gasteiger partial charge >= 0.3 is 12.1 Å². The summed E-state index contributed by atoms with van der Waals surface area (Å²) >= 11 is 1.49. The molecule has 4 rings (SSSR count). The van der Waals surface area contributed by atoms with Crippen LogP contribution in [0.1, 0.15) is 60.8 Å². The Hall–Kier alpha value is -3.10. The van der Waals surface area contributed by atoms with Gasteiger partial charge in [0.25, 0.3) is 0 Å². The van der Waals surface area contributed by atoms with Crippen LogP contribution in [0.4, 0.5) is 4.79 Å². The van der Waals surface area contributed by atoms with E-state index in [0.29, 0.717) is 31.6 Å². The second kappa shape index (κ2) is 14.8. The van der Waals surface area contributed by atoms with Crippen molar-refractivity contribution in [1.29, 1.82) is 0 Å². The third kappa shape index (κ3) is 7.23. The Balaban J connectivity index is 1.60. The summed E-state index contributed by atoms with van der Waals surface area (Å²) in [5.74, 6) is -3.27. The summed E-state index contributed by atoms with van der Waals surface area (Å²) < 4.78 is 19.7. The first-order valence-corrected chi connectivity index (χ1v) is 16.8. The van der Waals surface area contributed by atoms with Gasteiger partial charge in [-0.3, -0.25) is 14.5 Å². The van der Waals surface area contributed by atoms with E-state index < -0.39 is 53.1 Å². The Morgan fingerprint density at radius 2 is 1.89 bits per heavy atom. The van der Waals surface area contributed by atoms with Gasteiger partial charge < -0.3 is 19.1 Å². The molecule has 2 aromatic heterocycles. The number of ether oxygens (including phenoxy) is 3. The smallest absolute Gasteiger partial charge is 0.411 e. The molecule has 2 radical (unpaired) electrons. The van der Waals surface area contributed by atoms with Gasteiger partial charge in [-0.05, 0) is 66.4 Å². The van der Waals surface area contributed by atoms with E-state index >= 15 is 0 Å². The number of Topliss-reactive ketones (excluding diaryl/α,β-unsaturated/α-hetero) is 1. The van der Waals surface area contributed by atoms with Crippen LogP contribution in [0.3, 0.4) is 0 Å². The van der Waals surface area contributed by atoms with E-state index in [4.69, 9.17) is 22.1 Å². The van der Waals surface area contributed by atoms with Gasteiger partial charge in [0.05, 0.1) is 32.2 Å². The normalized spacial score (nSPS) is 33.8. The molecule has 0 spiro atoms. The van der Waals surface area contributed by atoms with Crippen molar-refractivity contribution in [3.05, 3.63) is 29.9 Å². The summed E-state index contributed by atoms with van der Waals surface area (Å²) in [6.07, 6.45) is 7.83. The molecular weight excluding hydrogens is 607 g/mol. The minimum atomic E-state index is -1.18. The lowest BCUT2D eigenvalue weighted by atomic mass is 9.63. The number of likely N-dealkylation sites (N-methyl/N-ethyl adjacent to an activating group) is 1. The number of allylic oxidation sites excluding steroid dienone is 1. The number of hydrogen-bond donors (Lipinski definition) is 0. The molecule has 0 bridgehead atoms. The minimum Gasteiger partial charge on any atom is -0.458 e. The average molecular weight is 655 g/mol. The molecule has 0 aliphatic carbocycles. The second-order valence-corrected chi connectivity index (χ2v) is 13.8. The highest BCUT2D eigenvalue weighted by molar-refractivity contribution is 7.13. The van der Waals surface area contributed by atoms with Crippen LogP contribution in [-0.4, -0.2) is 112 Å². The fraction of sp³-hybridized carbons (Fsp3) is 0.688. The number of fused-ring (bicyclic) bond motifs is 1. The molecule has 0 saturated carbocycles. The van der Waals surface area contributed by atoms with E-state index in [-0.39, 0.29) is 18.4 Å². The summed E-state index contributed by atoms with van der Waals surface area (Å²) in [5, 5.41) is 11.1. The third-order valence-electron chi connectivity index (χ3n) is 9.96. The third-order valence-corrected chi connectivity index (χ3v) is 10.8. The number of nitrogens with zero attached hydrogens (tertiary/aromatic N) is 6. The van der Waals surface area contributed by atoms with Crippen LogP contribution < -0.4 is 0 Å². The highest BCUT2D eigenvalue weighted by atomic mass is 32.1. The van der Waals surface area contributed by atoms with Crippen molar-refractivity contribution in [3.8, 4) is 10.7 Å². The molecule has 8 atom stereocenters. The zero-order valence-electron chi connectivity index (χ0n) is 28.2.